The number of benzene rings is 1. The summed E-state index contributed by atoms with van der Waals surface area (Å²) in [7, 11) is 0. The minimum atomic E-state index is 0.233. The Bertz CT molecular complexity index is 530. The Morgan fingerprint density at radius 1 is 1.35 bits per heavy atom. The van der Waals surface area contributed by atoms with Crippen LogP contribution in [0.1, 0.15) is 20.3 Å². The van der Waals surface area contributed by atoms with Gasteiger partial charge in [0.2, 0.25) is 0 Å². The minimum absolute atomic E-state index is 0.233. The average molecular weight is 230 g/mol. The highest BCUT2D eigenvalue weighted by Crippen LogP contribution is 2.28. The number of nitrogens with one attached hydrogen (secondary N) is 2. The smallest absolute Gasteiger partial charge is 0.136 e. The summed E-state index contributed by atoms with van der Waals surface area (Å²) in [4.78, 5) is 0. The Kier molecular flexibility index (Phi) is 2.37. The number of hydrogen-bond donors (Lipinski definition) is 2. The first kappa shape index (κ1) is 10.7. The van der Waals surface area contributed by atoms with Crippen LogP contribution in [-0.2, 0) is 0 Å². The van der Waals surface area contributed by atoms with Gasteiger partial charge in [0.1, 0.15) is 11.8 Å². The van der Waals surface area contributed by atoms with Gasteiger partial charge in [-0.15, -0.1) is 0 Å². The number of rotatable bonds is 2. The summed E-state index contributed by atoms with van der Waals surface area (Å²) in [5.74, 6) is 0. The van der Waals surface area contributed by atoms with E-state index in [1.165, 1.54) is 0 Å². The molecule has 0 radical (unpaired) electrons. The maximum Gasteiger partial charge on any atom is 0.136 e. The molecule has 2 heterocycles. The van der Waals surface area contributed by atoms with E-state index in [1.54, 1.807) is 0 Å². The first-order valence-electron chi connectivity index (χ1n) is 6.12. The number of anilines is 1. The van der Waals surface area contributed by atoms with Crippen LogP contribution >= 0.6 is 0 Å². The molecule has 2 N–H and O–H groups in total. The second-order valence-corrected chi connectivity index (χ2v) is 5.46. The molecule has 0 spiro atoms. The van der Waals surface area contributed by atoms with E-state index in [-0.39, 0.29) is 5.54 Å². The van der Waals surface area contributed by atoms with Crippen molar-refractivity contribution in [1.29, 1.82) is 0 Å². The summed E-state index contributed by atoms with van der Waals surface area (Å²) in [6.07, 6.45) is 2.95. The van der Waals surface area contributed by atoms with Crippen molar-refractivity contribution >= 4 is 16.7 Å². The molecule has 17 heavy (non-hydrogen) atoms. The molecule has 3 nitrogen and oxygen atoms in total. The molecule has 3 heteroatoms. The van der Waals surface area contributed by atoms with E-state index >= 15 is 0 Å². The lowest BCUT2D eigenvalue weighted by Gasteiger charge is -2.17. The van der Waals surface area contributed by atoms with Crippen molar-refractivity contribution in [2.45, 2.75) is 31.8 Å². The molecule has 90 valence electrons. The van der Waals surface area contributed by atoms with Gasteiger partial charge in [0, 0.05) is 23.5 Å². The molecule has 0 bridgehead atoms. The van der Waals surface area contributed by atoms with Gasteiger partial charge in [-0.25, -0.2) is 0 Å². The van der Waals surface area contributed by atoms with Crippen molar-refractivity contribution in [1.82, 2.24) is 5.32 Å². The van der Waals surface area contributed by atoms with Gasteiger partial charge in [-0.1, -0.05) is 12.1 Å². The van der Waals surface area contributed by atoms with E-state index in [9.17, 15) is 0 Å². The molecule has 1 aliphatic heterocycles. The van der Waals surface area contributed by atoms with Gasteiger partial charge in [0.05, 0.1) is 5.69 Å². The summed E-state index contributed by atoms with van der Waals surface area (Å²) < 4.78 is 5.53. The van der Waals surface area contributed by atoms with Crippen LogP contribution in [0, 0.1) is 0 Å². The standard InChI is InChI=1S/C14H18N2O/c1-14(2)7-10(8-15-14)16-12-9-17-13-6-4-3-5-11(12)13/h3-6,9-10,15-16H,7-8H2,1-2H3. The number of fused-ring (bicyclic) bond motifs is 1. The first-order chi connectivity index (χ1) is 8.14. The maximum atomic E-state index is 5.53. The molecule has 1 atom stereocenters. The third-order valence-electron chi connectivity index (χ3n) is 3.42. The van der Waals surface area contributed by atoms with Crippen molar-refractivity contribution in [2.24, 2.45) is 0 Å². The second-order valence-electron chi connectivity index (χ2n) is 5.46. The van der Waals surface area contributed by atoms with Crippen molar-refractivity contribution in [3.8, 4) is 0 Å². The van der Waals surface area contributed by atoms with Crippen LogP contribution in [0.4, 0.5) is 5.69 Å². The van der Waals surface area contributed by atoms with Gasteiger partial charge in [-0.3, -0.25) is 0 Å². The largest absolute Gasteiger partial charge is 0.462 e. The van der Waals surface area contributed by atoms with E-state index in [2.05, 4.69) is 30.5 Å². The van der Waals surface area contributed by atoms with Crippen molar-refractivity contribution in [3.63, 3.8) is 0 Å². The Hall–Kier alpha value is -1.48. The summed E-state index contributed by atoms with van der Waals surface area (Å²) in [6.45, 7) is 5.48. The quantitative estimate of drug-likeness (QED) is 0.832. The monoisotopic (exact) mass is 230 g/mol. The molecule has 2 aromatic rings. The maximum absolute atomic E-state index is 5.53. The molecule has 1 saturated heterocycles. The van der Waals surface area contributed by atoms with Gasteiger partial charge < -0.3 is 15.1 Å². The van der Waals surface area contributed by atoms with E-state index < -0.39 is 0 Å². The van der Waals surface area contributed by atoms with E-state index in [1.807, 2.05) is 24.5 Å². The molecule has 1 fully saturated rings. The third kappa shape index (κ3) is 2.03. The molecule has 1 aliphatic rings. The Balaban J connectivity index is 1.82. The van der Waals surface area contributed by atoms with Gasteiger partial charge in [0.15, 0.2) is 0 Å². The zero-order valence-electron chi connectivity index (χ0n) is 10.3. The molecule has 3 rings (SSSR count). The predicted molar refractivity (Wildman–Crippen MR) is 70.3 cm³/mol. The highest BCUT2D eigenvalue weighted by atomic mass is 16.3. The molecule has 0 aliphatic carbocycles. The zero-order chi connectivity index (χ0) is 11.9. The van der Waals surface area contributed by atoms with E-state index in [4.69, 9.17) is 4.42 Å². The number of hydrogen-bond acceptors (Lipinski definition) is 3. The highest BCUT2D eigenvalue weighted by Gasteiger charge is 2.30. The van der Waals surface area contributed by atoms with Crippen LogP contribution in [0.15, 0.2) is 34.9 Å². The fourth-order valence-corrected chi connectivity index (χ4v) is 2.57. The van der Waals surface area contributed by atoms with Gasteiger partial charge in [0.25, 0.3) is 0 Å². The van der Waals surface area contributed by atoms with Crippen LogP contribution in [-0.4, -0.2) is 18.1 Å². The Labute approximate surface area is 101 Å². The van der Waals surface area contributed by atoms with Crippen LogP contribution in [0.2, 0.25) is 0 Å². The molecule has 1 aromatic heterocycles. The van der Waals surface area contributed by atoms with Gasteiger partial charge in [-0.2, -0.15) is 0 Å². The number of furan rings is 1. The zero-order valence-corrected chi connectivity index (χ0v) is 10.3. The lowest BCUT2D eigenvalue weighted by molar-refractivity contribution is 0.457. The van der Waals surface area contributed by atoms with Crippen molar-refractivity contribution in [3.05, 3.63) is 30.5 Å². The average Bonchev–Trinajstić information content (AvgIpc) is 2.84. The molecular formula is C14H18N2O. The summed E-state index contributed by atoms with van der Waals surface area (Å²) >= 11 is 0. The Morgan fingerprint density at radius 3 is 2.94 bits per heavy atom. The van der Waals surface area contributed by atoms with E-state index in [0.717, 1.165) is 29.6 Å². The molecule has 0 saturated carbocycles. The SMILES string of the molecule is CC1(C)CC(Nc2coc3ccccc23)CN1. The summed E-state index contributed by atoms with van der Waals surface area (Å²) in [5.41, 5.74) is 2.28. The predicted octanol–water partition coefficient (Wildman–Crippen LogP) is 2.99. The fourth-order valence-electron chi connectivity index (χ4n) is 2.57. The molecule has 0 amide bonds. The minimum Gasteiger partial charge on any atom is -0.462 e. The lowest BCUT2D eigenvalue weighted by atomic mass is 10.0. The van der Waals surface area contributed by atoms with Crippen LogP contribution in [0.25, 0.3) is 11.0 Å². The van der Waals surface area contributed by atoms with E-state index in [0.29, 0.717) is 6.04 Å². The fraction of sp³-hybridized carbons (Fsp3) is 0.429. The summed E-state index contributed by atoms with van der Waals surface area (Å²) in [5, 5.41) is 8.24. The van der Waals surface area contributed by atoms with Gasteiger partial charge >= 0.3 is 0 Å². The first-order valence-corrected chi connectivity index (χ1v) is 6.12. The van der Waals surface area contributed by atoms with Crippen LogP contribution in [0.5, 0.6) is 0 Å². The summed E-state index contributed by atoms with van der Waals surface area (Å²) in [6, 6.07) is 8.60. The van der Waals surface area contributed by atoms with Gasteiger partial charge in [-0.05, 0) is 32.4 Å². The topological polar surface area (TPSA) is 37.2 Å². The molecule has 1 aromatic carbocycles. The molecule has 1 unspecified atom stereocenters. The number of para-hydroxylation sites is 1. The van der Waals surface area contributed by atoms with Crippen LogP contribution in [0.3, 0.4) is 0 Å². The highest BCUT2D eigenvalue weighted by molar-refractivity contribution is 5.90. The Morgan fingerprint density at radius 2 is 2.18 bits per heavy atom. The normalized spacial score (nSPS) is 23.1. The second kappa shape index (κ2) is 3.77. The van der Waals surface area contributed by atoms with Crippen molar-refractivity contribution < 1.29 is 4.42 Å². The van der Waals surface area contributed by atoms with Crippen molar-refractivity contribution in [2.75, 3.05) is 11.9 Å². The lowest BCUT2D eigenvalue weighted by Crippen LogP contribution is -2.31. The molecular weight excluding hydrogens is 212 g/mol. The van der Waals surface area contributed by atoms with Crippen LogP contribution < -0.4 is 10.6 Å². The third-order valence-corrected chi connectivity index (χ3v) is 3.42.